The average Bonchev–Trinajstić information content (AvgIpc) is 2.38. The van der Waals surface area contributed by atoms with Crippen molar-refractivity contribution in [2.45, 2.75) is 19.8 Å². The van der Waals surface area contributed by atoms with E-state index in [-0.39, 0.29) is 0 Å². The number of alkyl halides is 1. The Bertz CT molecular complexity index is 415. The molecule has 1 aromatic carbocycles. The zero-order chi connectivity index (χ0) is 13.4. The molecule has 1 aromatic rings. The fraction of sp³-hybridized carbons (Fsp3) is 0.500. The lowest BCUT2D eigenvalue weighted by Crippen LogP contribution is -2.05. The maximum atomic E-state index is 8.90. The Hall–Kier alpha value is -1.21. The summed E-state index contributed by atoms with van der Waals surface area (Å²) in [6.45, 7) is 2.86. The van der Waals surface area contributed by atoms with Crippen LogP contribution in [0.1, 0.15) is 25.3 Å². The van der Waals surface area contributed by atoms with Crippen molar-refractivity contribution in [1.82, 2.24) is 0 Å². The number of nitrogens with zero attached hydrogens (tertiary/aromatic N) is 1. The van der Waals surface area contributed by atoms with Gasteiger partial charge in [0.05, 0.1) is 25.3 Å². The third-order valence-corrected chi connectivity index (χ3v) is 3.18. The molecule has 0 aliphatic heterocycles. The van der Waals surface area contributed by atoms with Crippen molar-refractivity contribution in [3.05, 3.63) is 23.8 Å². The zero-order valence-electron chi connectivity index (χ0n) is 10.8. The van der Waals surface area contributed by atoms with Gasteiger partial charge in [-0.25, -0.2) is 0 Å². The van der Waals surface area contributed by atoms with Gasteiger partial charge in [-0.1, -0.05) is 22.9 Å². The molecule has 1 rings (SSSR count). The number of hydrogen-bond acceptors (Lipinski definition) is 3. The molecule has 0 heterocycles. The van der Waals surface area contributed by atoms with Crippen LogP contribution < -0.4 is 9.47 Å². The number of ether oxygens (including phenoxy) is 2. The second-order valence-electron chi connectivity index (χ2n) is 4.23. The zero-order valence-corrected chi connectivity index (χ0v) is 12.4. The number of nitriles is 1. The van der Waals surface area contributed by atoms with Crippen LogP contribution >= 0.6 is 15.9 Å². The first-order valence-corrected chi connectivity index (χ1v) is 7.09. The second-order valence-corrected chi connectivity index (χ2v) is 5.02. The first kappa shape index (κ1) is 14.8. The highest BCUT2D eigenvalue weighted by Crippen LogP contribution is 2.22. The quantitative estimate of drug-likeness (QED) is 0.720. The number of benzene rings is 1. The van der Waals surface area contributed by atoms with E-state index < -0.39 is 0 Å². The Morgan fingerprint density at radius 3 is 2.61 bits per heavy atom. The average molecular weight is 312 g/mol. The fourth-order valence-corrected chi connectivity index (χ4v) is 2.33. The third kappa shape index (κ3) is 4.97. The Kier molecular flexibility index (Phi) is 6.59. The summed E-state index contributed by atoms with van der Waals surface area (Å²) in [5.74, 6) is 1.97. The number of methoxy groups -OCH3 is 1. The minimum absolute atomic E-state index is 0.554. The van der Waals surface area contributed by atoms with Crippen molar-refractivity contribution >= 4 is 15.9 Å². The van der Waals surface area contributed by atoms with E-state index in [0.717, 1.165) is 18.2 Å². The summed E-state index contributed by atoms with van der Waals surface area (Å²) in [7, 11) is 1.58. The molecule has 0 fully saturated rings. The third-order valence-electron chi connectivity index (χ3n) is 2.73. The van der Waals surface area contributed by atoms with Crippen LogP contribution in [0.15, 0.2) is 18.2 Å². The molecule has 4 heteroatoms. The summed E-state index contributed by atoms with van der Waals surface area (Å²) < 4.78 is 10.8. The lowest BCUT2D eigenvalue weighted by molar-refractivity contribution is 0.280. The van der Waals surface area contributed by atoms with Crippen LogP contribution in [0.3, 0.4) is 0 Å². The Morgan fingerprint density at radius 2 is 2.00 bits per heavy atom. The summed E-state index contributed by atoms with van der Waals surface area (Å²) >= 11 is 3.43. The largest absolute Gasteiger partial charge is 0.497 e. The number of hydrogen-bond donors (Lipinski definition) is 0. The van der Waals surface area contributed by atoms with E-state index in [0.29, 0.717) is 29.6 Å². The van der Waals surface area contributed by atoms with Gasteiger partial charge in [-0.05, 0) is 30.9 Å². The number of rotatable bonds is 7. The lowest BCUT2D eigenvalue weighted by Gasteiger charge is -2.11. The van der Waals surface area contributed by atoms with Gasteiger partial charge in [0.15, 0.2) is 0 Å². The second kappa shape index (κ2) is 7.99. The molecular weight excluding hydrogens is 294 g/mol. The van der Waals surface area contributed by atoms with Gasteiger partial charge in [0, 0.05) is 11.4 Å². The number of halogens is 1. The molecule has 0 aliphatic rings. The van der Waals surface area contributed by atoms with Crippen molar-refractivity contribution in [2.75, 3.05) is 19.0 Å². The minimum Gasteiger partial charge on any atom is -0.497 e. The Balaban J connectivity index is 2.54. The molecule has 0 aromatic heterocycles. The molecule has 0 bridgehead atoms. The molecule has 1 atom stereocenters. The van der Waals surface area contributed by atoms with Gasteiger partial charge in [0.1, 0.15) is 11.5 Å². The first-order chi connectivity index (χ1) is 8.69. The fourth-order valence-electron chi connectivity index (χ4n) is 1.55. The highest BCUT2D eigenvalue weighted by atomic mass is 79.9. The molecule has 0 saturated carbocycles. The lowest BCUT2D eigenvalue weighted by atomic mass is 10.1. The standard InChI is InChI=1S/C14H18BrNO2/c1-11(3-5-15)4-6-18-14-8-12(10-16)7-13(9-14)17-2/h7-9,11H,3-6H2,1-2H3. The van der Waals surface area contributed by atoms with Crippen LogP contribution in [-0.4, -0.2) is 19.0 Å². The van der Waals surface area contributed by atoms with Gasteiger partial charge in [-0.3, -0.25) is 0 Å². The van der Waals surface area contributed by atoms with Crippen LogP contribution in [0.5, 0.6) is 11.5 Å². The normalized spacial score (nSPS) is 11.7. The predicted octanol–water partition coefficient (Wildman–Crippen LogP) is 3.76. The maximum Gasteiger partial charge on any atom is 0.124 e. The van der Waals surface area contributed by atoms with E-state index in [1.807, 2.05) is 0 Å². The Morgan fingerprint density at radius 1 is 1.28 bits per heavy atom. The molecule has 0 radical (unpaired) electrons. The van der Waals surface area contributed by atoms with E-state index >= 15 is 0 Å². The van der Waals surface area contributed by atoms with Crippen molar-refractivity contribution in [3.63, 3.8) is 0 Å². The van der Waals surface area contributed by atoms with Crippen LogP contribution in [0.2, 0.25) is 0 Å². The molecule has 1 unspecified atom stereocenters. The molecular formula is C14H18BrNO2. The van der Waals surface area contributed by atoms with Crippen molar-refractivity contribution < 1.29 is 9.47 Å². The van der Waals surface area contributed by atoms with Crippen molar-refractivity contribution in [1.29, 1.82) is 5.26 Å². The van der Waals surface area contributed by atoms with E-state index in [1.165, 1.54) is 0 Å². The van der Waals surface area contributed by atoms with E-state index in [4.69, 9.17) is 14.7 Å². The molecule has 0 N–H and O–H groups in total. The van der Waals surface area contributed by atoms with Crippen LogP contribution in [0.4, 0.5) is 0 Å². The predicted molar refractivity (Wildman–Crippen MR) is 75.4 cm³/mol. The summed E-state index contributed by atoms with van der Waals surface area (Å²) in [4.78, 5) is 0. The van der Waals surface area contributed by atoms with E-state index in [9.17, 15) is 0 Å². The van der Waals surface area contributed by atoms with Crippen LogP contribution in [-0.2, 0) is 0 Å². The molecule has 0 aliphatic carbocycles. The van der Waals surface area contributed by atoms with E-state index in [1.54, 1.807) is 25.3 Å². The monoisotopic (exact) mass is 311 g/mol. The highest BCUT2D eigenvalue weighted by molar-refractivity contribution is 9.09. The van der Waals surface area contributed by atoms with Gasteiger partial charge in [0.25, 0.3) is 0 Å². The molecule has 18 heavy (non-hydrogen) atoms. The molecule has 98 valence electrons. The van der Waals surface area contributed by atoms with Crippen molar-refractivity contribution in [3.8, 4) is 17.6 Å². The molecule has 0 spiro atoms. The van der Waals surface area contributed by atoms with Gasteiger partial charge in [0.2, 0.25) is 0 Å². The van der Waals surface area contributed by atoms with Gasteiger partial charge >= 0.3 is 0 Å². The molecule has 3 nitrogen and oxygen atoms in total. The minimum atomic E-state index is 0.554. The van der Waals surface area contributed by atoms with E-state index in [2.05, 4.69) is 28.9 Å². The van der Waals surface area contributed by atoms with Gasteiger partial charge < -0.3 is 9.47 Å². The van der Waals surface area contributed by atoms with Crippen molar-refractivity contribution in [2.24, 2.45) is 5.92 Å². The smallest absolute Gasteiger partial charge is 0.124 e. The molecule has 0 saturated heterocycles. The Labute approximate surface area is 117 Å². The van der Waals surface area contributed by atoms with Gasteiger partial charge in [-0.15, -0.1) is 0 Å². The van der Waals surface area contributed by atoms with Gasteiger partial charge in [-0.2, -0.15) is 5.26 Å². The first-order valence-electron chi connectivity index (χ1n) is 5.97. The topological polar surface area (TPSA) is 42.2 Å². The highest BCUT2D eigenvalue weighted by Gasteiger charge is 2.04. The van der Waals surface area contributed by atoms with Crippen LogP contribution in [0, 0.1) is 17.2 Å². The summed E-state index contributed by atoms with van der Waals surface area (Å²) in [6, 6.07) is 7.33. The molecule has 0 amide bonds. The SMILES string of the molecule is COc1cc(C#N)cc(OCCC(C)CCBr)c1. The summed E-state index contributed by atoms with van der Waals surface area (Å²) in [5.41, 5.74) is 0.554. The summed E-state index contributed by atoms with van der Waals surface area (Å²) in [6.07, 6.45) is 2.15. The van der Waals surface area contributed by atoms with Crippen LogP contribution in [0.25, 0.3) is 0 Å². The summed E-state index contributed by atoms with van der Waals surface area (Å²) in [5, 5.41) is 9.92. The maximum absolute atomic E-state index is 8.90.